The van der Waals surface area contributed by atoms with E-state index in [4.69, 9.17) is 0 Å². The van der Waals surface area contributed by atoms with E-state index in [0.29, 0.717) is 0 Å². The van der Waals surface area contributed by atoms with Crippen LogP contribution in [0.1, 0.15) is 143 Å². The molecule has 0 saturated carbocycles. The van der Waals surface area contributed by atoms with Crippen LogP contribution < -0.4 is 0 Å². The van der Waals surface area contributed by atoms with Gasteiger partial charge in [-0.25, -0.2) is 0 Å². The molecule has 0 aliphatic heterocycles. The topological polar surface area (TPSA) is 0 Å². The van der Waals surface area contributed by atoms with Gasteiger partial charge in [-0.1, -0.05) is 0 Å². The fraction of sp³-hybridized carbons (Fsp3) is 1.00. The van der Waals surface area contributed by atoms with Crippen LogP contribution >= 0.6 is 26.3 Å². The molecule has 0 nitrogen and oxygen atoms in total. The molecule has 0 fully saturated rings. The first-order chi connectivity index (χ1) is 13.5. The summed E-state index contributed by atoms with van der Waals surface area (Å²) in [4.78, 5) is 0. The standard InChI is InChI=1S/C26H56IP/c1-5-9-13-15-17-19-21-25-28(27,23-11-7-3,24-12-8-4)26-22-20-18-16-14-10-6-2/h5-26H2,1-4H3. The molecule has 0 aliphatic rings. The molecule has 0 atom stereocenters. The van der Waals surface area contributed by atoms with Crippen molar-refractivity contribution in [3.05, 3.63) is 0 Å². The van der Waals surface area contributed by atoms with Crippen molar-refractivity contribution in [3.8, 4) is 0 Å². The van der Waals surface area contributed by atoms with Crippen molar-refractivity contribution in [1.82, 2.24) is 0 Å². The Labute approximate surface area is 193 Å². The van der Waals surface area contributed by atoms with Gasteiger partial charge in [-0.15, -0.1) is 0 Å². The van der Waals surface area contributed by atoms with Crippen molar-refractivity contribution in [3.63, 3.8) is 0 Å². The van der Waals surface area contributed by atoms with Crippen LogP contribution in [0.15, 0.2) is 0 Å². The van der Waals surface area contributed by atoms with Gasteiger partial charge in [0.05, 0.1) is 0 Å². The summed E-state index contributed by atoms with van der Waals surface area (Å²) in [6.07, 6.45) is 32.7. The molecule has 0 amide bonds. The Balaban J connectivity index is 4.58. The molecule has 2 heteroatoms. The third-order valence-electron chi connectivity index (χ3n) is 6.78. The molecule has 28 heavy (non-hydrogen) atoms. The Hall–Kier alpha value is 1.16. The van der Waals surface area contributed by atoms with Gasteiger partial charge < -0.3 is 0 Å². The zero-order valence-electron chi connectivity index (χ0n) is 20.4. The van der Waals surface area contributed by atoms with Crippen molar-refractivity contribution in [2.45, 2.75) is 143 Å². The minimum absolute atomic E-state index is 1.37. The average Bonchev–Trinajstić information content (AvgIpc) is 2.70. The molecule has 0 rings (SSSR count). The van der Waals surface area contributed by atoms with E-state index in [1.165, 1.54) is 116 Å². The Bertz CT molecular complexity index is 298. The van der Waals surface area contributed by atoms with Gasteiger partial charge in [0, 0.05) is 0 Å². The van der Waals surface area contributed by atoms with Gasteiger partial charge in [0.2, 0.25) is 0 Å². The molecule has 0 aromatic heterocycles. The molecule has 0 saturated heterocycles. The Morgan fingerprint density at radius 2 is 0.607 bits per heavy atom. The molecule has 0 aromatic carbocycles. The van der Waals surface area contributed by atoms with Gasteiger partial charge in [-0.3, -0.25) is 0 Å². The molecule has 0 radical (unpaired) electrons. The van der Waals surface area contributed by atoms with Gasteiger partial charge in [-0.05, 0) is 0 Å². The molecular weight excluding hydrogens is 470 g/mol. The molecular formula is C26H56IP. The second-order valence-corrected chi connectivity index (χ2v) is 23.3. The van der Waals surface area contributed by atoms with Crippen molar-refractivity contribution in [1.29, 1.82) is 0 Å². The van der Waals surface area contributed by atoms with Crippen LogP contribution in [0.5, 0.6) is 0 Å². The molecule has 0 unspecified atom stereocenters. The van der Waals surface area contributed by atoms with Gasteiger partial charge in [0.15, 0.2) is 0 Å². The number of rotatable bonds is 22. The Morgan fingerprint density at radius 1 is 0.357 bits per heavy atom. The van der Waals surface area contributed by atoms with Gasteiger partial charge in [-0.2, -0.15) is 0 Å². The number of halogens is 1. The zero-order chi connectivity index (χ0) is 21.0. The van der Waals surface area contributed by atoms with Crippen molar-refractivity contribution < 1.29 is 0 Å². The third kappa shape index (κ3) is 15.0. The SMILES string of the molecule is CCCCCCCCCP(I)(CCCC)(CCCC)CCCCCCCCC. The van der Waals surface area contributed by atoms with E-state index in [9.17, 15) is 0 Å². The third-order valence-corrected chi connectivity index (χ3v) is 18.3. The summed E-state index contributed by atoms with van der Waals surface area (Å²) >= 11 is 3.13. The maximum atomic E-state index is 3.13. The minimum atomic E-state index is -1.51. The second kappa shape index (κ2) is 18.9. The Kier molecular flexibility index (Phi) is 19.7. The van der Waals surface area contributed by atoms with Crippen molar-refractivity contribution in [2.24, 2.45) is 0 Å². The molecule has 0 bridgehead atoms. The molecule has 172 valence electrons. The summed E-state index contributed by atoms with van der Waals surface area (Å²) in [5.41, 5.74) is 0. The summed E-state index contributed by atoms with van der Waals surface area (Å²) in [5.74, 6) is 0. The molecule has 0 heterocycles. The number of hydrogen-bond donors (Lipinski definition) is 0. The van der Waals surface area contributed by atoms with Crippen LogP contribution in [0.3, 0.4) is 0 Å². The van der Waals surface area contributed by atoms with Crippen LogP contribution in [-0.2, 0) is 0 Å². The van der Waals surface area contributed by atoms with E-state index in [1.807, 2.05) is 0 Å². The number of unbranched alkanes of at least 4 members (excludes halogenated alkanes) is 14. The van der Waals surface area contributed by atoms with Crippen molar-refractivity contribution in [2.75, 3.05) is 24.6 Å². The van der Waals surface area contributed by atoms with Crippen LogP contribution in [-0.4, -0.2) is 24.6 Å². The Morgan fingerprint density at radius 3 is 0.929 bits per heavy atom. The first-order valence-corrected chi connectivity index (χ1v) is 19.0. The van der Waals surface area contributed by atoms with Gasteiger partial charge in [0.25, 0.3) is 0 Å². The van der Waals surface area contributed by atoms with Crippen LogP contribution in [0.25, 0.3) is 0 Å². The van der Waals surface area contributed by atoms with E-state index >= 15 is 0 Å². The molecule has 0 N–H and O–H groups in total. The summed E-state index contributed by atoms with van der Waals surface area (Å²) in [5, 5.41) is 0. The van der Waals surface area contributed by atoms with E-state index in [-0.39, 0.29) is 0 Å². The maximum absolute atomic E-state index is 3.13. The van der Waals surface area contributed by atoms with Gasteiger partial charge in [0.1, 0.15) is 0 Å². The second-order valence-electron chi connectivity index (χ2n) is 9.66. The fourth-order valence-corrected chi connectivity index (χ4v) is 14.4. The monoisotopic (exact) mass is 526 g/mol. The van der Waals surface area contributed by atoms with E-state index in [2.05, 4.69) is 49.7 Å². The average molecular weight is 527 g/mol. The van der Waals surface area contributed by atoms with E-state index in [0.717, 1.165) is 0 Å². The number of hydrogen-bond acceptors (Lipinski definition) is 0. The first-order valence-electron chi connectivity index (χ1n) is 13.3. The first kappa shape index (κ1) is 29.2. The van der Waals surface area contributed by atoms with Crippen LogP contribution in [0, 0.1) is 0 Å². The van der Waals surface area contributed by atoms with Gasteiger partial charge >= 0.3 is 194 Å². The zero-order valence-corrected chi connectivity index (χ0v) is 23.4. The molecule has 0 spiro atoms. The summed E-state index contributed by atoms with van der Waals surface area (Å²) < 4.78 is -1.51. The predicted molar refractivity (Wildman–Crippen MR) is 146 cm³/mol. The summed E-state index contributed by atoms with van der Waals surface area (Å²) in [6.45, 7) is 9.45. The molecule has 0 aliphatic carbocycles. The van der Waals surface area contributed by atoms with Crippen LogP contribution in [0.4, 0.5) is 0 Å². The fourth-order valence-electron chi connectivity index (χ4n) is 4.71. The predicted octanol–water partition coefficient (Wildman–Crippen LogP) is 11.0. The van der Waals surface area contributed by atoms with Crippen LogP contribution in [0.2, 0.25) is 0 Å². The normalized spacial score (nSPS) is 13.5. The van der Waals surface area contributed by atoms with E-state index < -0.39 is 4.25 Å². The quantitative estimate of drug-likeness (QED) is 0.0748. The molecule has 0 aromatic rings. The van der Waals surface area contributed by atoms with Crippen molar-refractivity contribution >= 4 is 26.3 Å². The summed E-state index contributed by atoms with van der Waals surface area (Å²) in [6, 6.07) is 0. The van der Waals surface area contributed by atoms with E-state index in [1.54, 1.807) is 24.6 Å². The summed E-state index contributed by atoms with van der Waals surface area (Å²) in [7, 11) is 0.